The molecular weight excluding hydrogens is 382 g/mol. The molecule has 29 heavy (non-hydrogen) atoms. The fraction of sp³-hybridized carbons (Fsp3) is 0.522. The molecule has 3 heterocycles. The van der Waals surface area contributed by atoms with E-state index >= 15 is 0 Å². The first-order valence-electron chi connectivity index (χ1n) is 10.5. The third kappa shape index (κ3) is 3.70. The first kappa shape index (κ1) is 20.1. The minimum absolute atomic E-state index is 0.0838. The Bertz CT molecular complexity index is 910. The molecule has 2 aromatic rings. The molecule has 2 saturated heterocycles. The zero-order chi connectivity index (χ0) is 20.6. The van der Waals surface area contributed by atoms with Gasteiger partial charge in [0.1, 0.15) is 4.88 Å². The van der Waals surface area contributed by atoms with Gasteiger partial charge in [-0.15, -0.1) is 11.3 Å². The van der Waals surface area contributed by atoms with Crippen LogP contribution >= 0.6 is 11.3 Å². The summed E-state index contributed by atoms with van der Waals surface area (Å²) >= 11 is 1.52. The SMILES string of the molecule is CC(=O)N1CCC[C@@H]2N(C(=O)c3sc(Cc4ccccc4)nc3C)CCC[C@@]21C. The Kier molecular flexibility index (Phi) is 5.47. The first-order valence-corrected chi connectivity index (χ1v) is 11.3. The van der Waals surface area contributed by atoms with E-state index < -0.39 is 0 Å². The number of likely N-dealkylation sites (tertiary alicyclic amines) is 2. The molecule has 0 saturated carbocycles. The predicted molar refractivity (Wildman–Crippen MR) is 115 cm³/mol. The Balaban J connectivity index is 1.58. The third-order valence-corrected chi connectivity index (χ3v) is 7.67. The number of hydrogen-bond donors (Lipinski definition) is 0. The summed E-state index contributed by atoms with van der Waals surface area (Å²) in [6.07, 6.45) is 4.55. The summed E-state index contributed by atoms with van der Waals surface area (Å²) in [7, 11) is 0. The van der Waals surface area contributed by atoms with Crippen molar-refractivity contribution < 1.29 is 9.59 Å². The molecule has 2 aliphatic heterocycles. The number of carbonyl (C=O) groups excluding carboxylic acids is 2. The summed E-state index contributed by atoms with van der Waals surface area (Å²) in [5.74, 6) is 0.200. The van der Waals surface area contributed by atoms with Gasteiger partial charge in [-0.05, 0) is 45.1 Å². The summed E-state index contributed by atoms with van der Waals surface area (Å²) in [4.78, 5) is 35.3. The van der Waals surface area contributed by atoms with Crippen molar-refractivity contribution in [3.05, 3.63) is 51.5 Å². The fourth-order valence-corrected chi connectivity index (χ4v) is 6.19. The molecule has 0 aliphatic carbocycles. The van der Waals surface area contributed by atoms with Crippen LogP contribution in [0.3, 0.4) is 0 Å². The zero-order valence-corrected chi connectivity index (χ0v) is 18.3. The van der Waals surface area contributed by atoms with Crippen molar-refractivity contribution in [3.8, 4) is 0 Å². The van der Waals surface area contributed by atoms with Crippen molar-refractivity contribution >= 4 is 23.2 Å². The van der Waals surface area contributed by atoms with Crippen LogP contribution in [0, 0.1) is 6.92 Å². The molecule has 1 aromatic carbocycles. The Morgan fingerprint density at radius 3 is 2.69 bits per heavy atom. The highest BCUT2D eigenvalue weighted by molar-refractivity contribution is 7.13. The second-order valence-corrected chi connectivity index (χ2v) is 9.56. The summed E-state index contributed by atoms with van der Waals surface area (Å²) in [5, 5.41) is 0.978. The maximum atomic E-state index is 13.6. The monoisotopic (exact) mass is 411 g/mol. The van der Waals surface area contributed by atoms with Crippen LogP contribution in [0.4, 0.5) is 0 Å². The topological polar surface area (TPSA) is 53.5 Å². The van der Waals surface area contributed by atoms with Crippen LogP contribution in [0.15, 0.2) is 30.3 Å². The number of thiazole rings is 1. The van der Waals surface area contributed by atoms with Crippen LogP contribution < -0.4 is 0 Å². The number of nitrogens with zero attached hydrogens (tertiary/aromatic N) is 3. The van der Waals surface area contributed by atoms with Gasteiger partial charge in [0.25, 0.3) is 5.91 Å². The van der Waals surface area contributed by atoms with E-state index in [2.05, 4.69) is 19.1 Å². The molecule has 5 nitrogen and oxygen atoms in total. The molecule has 0 spiro atoms. The van der Waals surface area contributed by atoms with Crippen molar-refractivity contribution in [2.75, 3.05) is 13.1 Å². The molecular formula is C23H29N3O2S. The minimum atomic E-state index is -0.260. The van der Waals surface area contributed by atoms with E-state index in [4.69, 9.17) is 4.98 Å². The number of piperidine rings is 2. The second kappa shape index (κ2) is 7.90. The van der Waals surface area contributed by atoms with E-state index in [1.807, 2.05) is 34.9 Å². The van der Waals surface area contributed by atoms with Gasteiger partial charge < -0.3 is 9.80 Å². The van der Waals surface area contributed by atoms with Crippen molar-refractivity contribution in [2.45, 2.75) is 64.5 Å². The van der Waals surface area contributed by atoms with E-state index in [1.165, 1.54) is 16.9 Å². The number of hydrogen-bond acceptors (Lipinski definition) is 4. The largest absolute Gasteiger partial charge is 0.335 e. The quantitative estimate of drug-likeness (QED) is 0.766. The van der Waals surface area contributed by atoms with Crippen LogP contribution in [0.5, 0.6) is 0 Å². The lowest BCUT2D eigenvalue weighted by atomic mass is 9.76. The van der Waals surface area contributed by atoms with Crippen molar-refractivity contribution in [1.82, 2.24) is 14.8 Å². The number of aromatic nitrogens is 1. The standard InChI is InChI=1S/C23H29N3O2S/c1-16-21(29-20(24-16)15-18-9-5-4-6-10-18)22(28)25-13-8-12-23(3)19(25)11-7-14-26(23)17(2)27/h4-6,9-10,19H,7-8,11-15H2,1-3H3/t19-,23-/m0/s1. The molecule has 0 radical (unpaired) electrons. The molecule has 1 aromatic heterocycles. The highest BCUT2D eigenvalue weighted by Gasteiger charge is 2.49. The number of benzene rings is 1. The van der Waals surface area contributed by atoms with Crippen LogP contribution in [0.1, 0.15) is 65.5 Å². The average molecular weight is 412 g/mol. The van der Waals surface area contributed by atoms with E-state index in [1.54, 1.807) is 6.92 Å². The summed E-state index contributed by atoms with van der Waals surface area (Å²) in [6.45, 7) is 7.31. The summed E-state index contributed by atoms with van der Waals surface area (Å²) < 4.78 is 0. The molecule has 2 amide bonds. The number of aryl methyl sites for hydroxylation is 1. The highest BCUT2D eigenvalue weighted by Crippen LogP contribution is 2.40. The maximum Gasteiger partial charge on any atom is 0.266 e. The molecule has 4 rings (SSSR count). The summed E-state index contributed by atoms with van der Waals surface area (Å²) in [6, 6.07) is 10.3. The van der Waals surface area contributed by atoms with Gasteiger partial charge in [0.2, 0.25) is 5.91 Å². The van der Waals surface area contributed by atoms with Crippen molar-refractivity contribution in [1.29, 1.82) is 0 Å². The third-order valence-electron chi connectivity index (χ3n) is 6.53. The van der Waals surface area contributed by atoms with Crippen molar-refractivity contribution in [3.63, 3.8) is 0 Å². The lowest BCUT2D eigenvalue weighted by Crippen LogP contribution is -2.67. The molecule has 0 bridgehead atoms. The van der Waals surface area contributed by atoms with Crippen LogP contribution in [-0.2, 0) is 11.2 Å². The van der Waals surface area contributed by atoms with Crippen molar-refractivity contribution in [2.24, 2.45) is 0 Å². The Morgan fingerprint density at radius 1 is 1.21 bits per heavy atom. The lowest BCUT2D eigenvalue weighted by Gasteiger charge is -2.56. The van der Waals surface area contributed by atoms with Gasteiger partial charge in [0, 0.05) is 26.4 Å². The molecule has 6 heteroatoms. The highest BCUT2D eigenvalue weighted by atomic mass is 32.1. The number of carbonyl (C=O) groups is 2. The van der Waals surface area contributed by atoms with E-state index in [-0.39, 0.29) is 23.4 Å². The second-order valence-electron chi connectivity index (χ2n) is 8.47. The number of fused-ring (bicyclic) bond motifs is 1. The Morgan fingerprint density at radius 2 is 1.97 bits per heavy atom. The van der Waals surface area contributed by atoms with Gasteiger partial charge in [-0.25, -0.2) is 4.98 Å². The molecule has 154 valence electrons. The van der Waals surface area contributed by atoms with Crippen LogP contribution in [0.25, 0.3) is 0 Å². The van der Waals surface area contributed by atoms with Gasteiger partial charge in [-0.1, -0.05) is 30.3 Å². The molecule has 2 fully saturated rings. The maximum absolute atomic E-state index is 13.6. The number of rotatable bonds is 3. The molecule has 2 atom stereocenters. The molecule has 2 aliphatic rings. The first-order chi connectivity index (χ1) is 13.9. The van der Waals surface area contributed by atoms with Gasteiger partial charge in [0.15, 0.2) is 0 Å². The van der Waals surface area contributed by atoms with Crippen LogP contribution in [0.2, 0.25) is 0 Å². The van der Waals surface area contributed by atoms with E-state index in [9.17, 15) is 9.59 Å². The fourth-order valence-electron chi connectivity index (χ4n) is 5.13. The van der Waals surface area contributed by atoms with Gasteiger partial charge >= 0.3 is 0 Å². The average Bonchev–Trinajstić information content (AvgIpc) is 3.06. The van der Waals surface area contributed by atoms with E-state index in [0.29, 0.717) is 0 Å². The minimum Gasteiger partial charge on any atom is -0.335 e. The van der Waals surface area contributed by atoms with Crippen LogP contribution in [-0.4, -0.2) is 51.3 Å². The Hall–Kier alpha value is -2.21. The van der Waals surface area contributed by atoms with Gasteiger partial charge in [-0.3, -0.25) is 9.59 Å². The van der Waals surface area contributed by atoms with E-state index in [0.717, 1.165) is 60.8 Å². The molecule has 0 N–H and O–H groups in total. The Labute approximate surface area is 176 Å². The lowest BCUT2D eigenvalue weighted by molar-refractivity contribution is -0.143. The van der Waals surface area contributed by atoms with Gasteiger partial charge in [-0.2, -0.15) is 0 Å². The number of amides is 2. The summed E-state index contributed by atoms with van der Waals surface area (Å²) in [5.41, 5.74) is 1.76. The normalized spacial score (nSPS) is 24.3. The smallest absolute Gasteiger partial charge is 0.266 e. The predicted octanol–water partition coefficient (Wildman–Crippen LogP) is 4.05. The molecule has 0 unspecified atom stereocenters. The zero-order valence-electron chi connectivity index (χ0n) is 17.5. The van der Waals surface area contributed by atoms with Gasteiger partial charge in [0.05, 0.1) is 22.3 Å².